The number of rotatable bonds is 6. The number of likely N-dealkylation sites (N-methyl/N-ethyl adjacent to an activating group) is 1. The second-order valence-electron chi connectivity index (χ2n) is 7.39. The first-order valence-corrected chi connectivity index (χ1v) is 10.7. The van der Waals surface area contributed by atoms with Gasteiger partial charge in [-0.2, -0.15) is 0 Å². The second-order valence-corrected chi connectivity index (χ2v) is 8.37. The molecule has 152 valence electrons. The molecule has 0 aliphatic carbocycles. The number of pyridine rings is 1. The SMILES string of the molecule is C[NH+](C)[C@@H](CN=CC1C(=O)N(c2ccccn2)C(=O)c2ccccc21)c1cccs1. The highest BCUT2D eigenvalue weighted by Gasteiger charge is 2.39. The maximum atomic E-state index is 13.3. The molecule has 2 atom stereocenters. The Balaban J connectivity index is 1.66. The van der Waals surface area contributed by atoms with Crippen molar-refractivity contribution in [3.8, 4) is 0 Å². The number of carbonyl (C=O) groups is 2. The summed E-state index contributed by atoms with van der Waals surface area (Å²) in [5.41, 5.74) is 1.19. The van der Waals surface area contributed by atoms with Crippen molar-refractivity contribution in [2.75, 3.05) is 25.5 Å². The summed E-state index contributed by atoms with van der Waals surface area (Å²) >= 11 is 1.71. The van der Waals surface area contributed by atoms with Crippen molar-refractivity contribution in [1.29, 1.82) is 0 Å². The summed E-state index contributed by atoms with van der Waals surface area (Å²) in [4.78, 5) is 38.9. The highest BCUT2D eigenvalue weighted by molar-refractivity contribution is 7.10. The molecule has 0 saturated heterocycles. The third kappa shape index (κ3) is 3.81. The van der Waals surface area contributed by atoms with E-state index in [0.717, 1.165) is 4.90 Å². The van der Waals surface area contributed by atoms with E-state index in [1.165, 1.54) is 9.78 Å². The molecular formula is C23H23N4O2S+. The van der Waals surface area contributed by atoms with Crippen LogP contribution in [0, 0.1) is 0 Å². The summed E-state index contributed by atoms with van der Waals surface area (Å²) < 4.78 is 0. The number of aromatic nitrogens is 1. The molecule has 4 rings (SSSR count). The van der Waals surface area contributed by atoms with E-state index in [9.17, 15) is 9.59 Å². The molecular weight excluding hydrogens is 396 g/mol. The average molecular weight is 420 g/mol. The Labute approximate surface area is 179 Å². The fourth-order valence-electron chi connectivity index (χ4n) is 3.62. The van der Waals surface area contributed by atoms with Gasteiger partial charge in [-0.3, -0.25) is 14.6 Å². The van der Waals surface area contributed by atoms with Gasteiger partial charge in [0.1, 0.15) is 11.9 Å². The minimum absolute atomic E-state index is 0.212. The molecule has 0 fully saturated rings. The van der Waals surface area contributed by atoms with Gasteiger partial charge >= 0.3 is 0 Å². The smallest absolute Gasteiger partial charge is 0.266 e. The van der Waals surface area contributed by atoms with Crippen molar-refractivity contribution in [2.24, 2.45) is 4.99 Å². The third-order valence-corrected chi connectivity index (χ3v) is 6.21. The average Bonchev–Trinajstić information content (AvgIpc) is 3.28. The number of aliphatic imine (C=N–C) groups is 1. The van der Waals surface area contributed by atoms with Crippen LogP contribution in [0.3, 0.4) is 0 Å². The zero-order chi connectivity index (χ0) is 21.1. The minimum Gasteiger partial charge on any atom is -0.331 e. The van der Waals surface area contributed by atoms with Gasteiger partial charge in [-0.15, -0.1) is 11.3 Å². The fourth-order valence-corrected chi connectivity index (χ4v) is 4.57. The Morgan fingerprint density at radius 3 is 2.63 bits per heavy atom. The van der Waals surface area contributed by atoms with Gasteiger partial charge in [-0.1, -0.05) is 30.3 Å². The maximum Gasteiger partial charge on any atom is 0.266 e. The molecule has 7 heteroatoms. The van der Waals surface area contributed by atoms with E-state index >= 15 is 0 Å². The van der Waals surface area contributed by atoms with Gasteiger partial charge in [0.25, 0.3) is 5.91 Å². The molecule has 3 aromatic rings. The number of amides is 2. The highest BCUT2D eigenvalue weighted by Crippen LogP contribution is 2.31. The quantitative estimate of drug-likeness (QED) is 0.493. The van der Waals surface area contributed by atoms with Crippen LogP contribution in [-0.4, -0.2) is 43.7 Å². The van der Waals surface area contributed by atoms with Gasteiger partial charge in [-0.25, -0.2) is 9.88 Å². The minimum atomic E-state index is -0.623. The van der Waals surface area contributed by atoms with Gasteiger partial charge in [0.15, 0.2) is 0 Å². The summed E-state index contributed by atoms with van der Waals surface area (Å²) in [6, 6.07) is 16.8. The third-order valence-electron chi connectivity index (χ3n) is 5.22. The Hall–Kier alpha value is -3.16. The fraction of sp³-hybridized carbons (Fsp3) is 0.217. The number of nitrogens with one attached hydrogen (secondary N) is 1. The molecule has 0 radical (unpaired) electrons. The second kappa shape index (κ2) is 8.69. The number of anilines is 1. The molecule has 2 aromatic heterocycles. The van der Waals surface area contributed by atoms with E-state index < -0.39 is 5.92 Å². The maximum absolute atomic E-state index is 13.3. The highest BCUT2D eigenvalue weighted by atomic mass is 32.1. The van der Waals surface area contributed by atoms with Crippen molar-refractivity contribution >= 4 is 35.2 Å². The summed E-state index contributed by atoms with van der Waals surface area (Å²) in [6.45, 7) is 0.562. The molecule has 1 unspecified atom stereocenters. The van der Waals surface area contributed by atoms with Crippen molar-refractivity contribution in [3.63, 3.8) is 0 Å². The van der Waals surface area contributed by atoms with Crippen LogP contribution >= 0.6 is 11.3 Å². The number of carbonyl (C=O) groups excluding carboxylic acids is 2. The number of thiophene rings is 1. The number of hydrogen-bond acceptors (Lipinski definition) is 5. The number of nitrogens with zero attached hydrogens (tertiary/aromatic N) is 3. The summed E-state index contributed by atoms with van der Waals surface area (Å²) in [7, 11) is 4.20. The van der Waals surface area contributed by atoms with Crippen LogP contribution < -0.4 is 9.80 Å². The van der Waals surface area contributed by atoms with Crippen LogP contribution in [0.15, 0.2) is 71.2 Å². The zero-order valence-corrected chi connectivity index (χ0v) is 17.7. The molecule has 3 heterocycles. The van der Waals surface area contributed by atoms with E-state index in [4.69, 9.17) is 0 Å². The Kier molecular flexibility index (Phi) is 5.83. The van der Waals surface area contributed by atoms with E-state index in [2.05, 4.69) is 35.5 Å². The van der Waals surface area contributed by atoms with Crippen LogP contribution in [-0.2, 0) is 4.79 Å². The van der Waals surface area contributed by atoms with Gasteiger partial charge < -0.3 is 4.90 Å². The van der Waals surface area contributed by atoms with Crippen molar-refractivity contribution < 1.29 is 14.5 Å². The first-order chi connectivity index (χ1) is 14.6. The molecule has 6 nitrogen and oxygen atoms in total. The van der Waals surface area contributed by atoms with Crippen LogP contribution in [0.4, 0.5) is 5.82 Å². The summed E-state index contributed by atoms with van der Waals surface area (Å²) in [5, 5.41) is 2.06. The van der Waals surface area contributed by atoms with Gasteiger partial charge in [0.05, 0.1) is 31.4 Å². The Bertz CT molecular complexity index is 1060. The van der Waals surface area contributed by atoms with Crippen LogP contribution in [0.5, 0.6) is 0 Å². The van der Waals surface area contributed by atoms with Gasteiger partial charge in [-0.05, 0) is 35.2 Å². The standard InChI is InChI=1S/C23H22N4O2S/c1-26(2)19(20-10-7-13-30-20)15-24-14-18-16-8-3-4-9-17(16)22(28)27(23(18)29)21-11-5-6-12-25-21/h3-14,18-19H,15H2,1-2H3/p+1/t18?,19-/m0/s1. The lowest BCUT2D eigenvalue weighted by atomic mass is 9.89. The molecule has 0 saturated carbocycles. The van der Waals surface area contributed by atoms with Crippen molar-refractivity contribution in [3.05, 3.63) is 82.2 Å². The molecule has 0 bridgehead atoms. The molecule has 1 aliphatic heterocycles. The van der Waals surface area contributed by atoms with E-state index in [1.807, 2.05) is 18.2 Å². The number of fused-ring (bicyclic) bond motifs is 1. The van der Waals surface area contributed by atoms with E-state index in [1.54, 1.807) is 54.1 Å². The topological polar surface area (TPSA) is 67.1 Å². The number of benzene rings is 1. The predicted octanol–water partition coefficient (Wildman–Crippen LogP) is 2.37. The van der Waals surface area contributed by atoms with Crippen molar-refractivity contribution in [1.82, 2.24) is 4.98 Å². The first kappa shape index (κ1) is 20.1. The molecule has 1 aliphatic rings. The number of quaternary nitrogens is 1. The summed E-state index contributed by atoms with van der Waals surface area (Å²) in [5.74, 6) is -0.976. The number of hydrogen-bond donors (Lipinski definition) is 1. The van der Waals surface area contributed by atoms with Crippen LogP contribution in [0.1, 0.15) is 32.8 Å². The van der Waals surface area contributed by atoms with Crippen LogP contribution in [0.25, 0.3) is 0 Å². The lowest BCUT2D eigenvalue weighted by Gasteiger charge is -2.30. The Morgan fingerprint density at radius 1 is 1.13 bits per heavy atom. The molecule has 1 aromatic carbocycles. The van der Waals surface area contributed by atoms with E-state index in [-0.39, 0.29) is 17.9 Å². The zero-order valence-electron chi connectivity index (χ0n) is 16.9. The monoisotopic (exact) mass is 419 g/mol. The molecule has 0 spiro atoms. The molecule has 2 amide bonds. The van der Waals surface area contributed by atoms with Crippen molar-refractivity contribution in [2.45, 2.75) is 12.0 Å². The number of imide groups is 1. The lowest BCUT2D eigenvalue weighted by molar-refractivity contribution is -0.890. The van der Waals surface area contributed by atoms with Gasteiger partial charge in [0.2, 0.25) is 5.91 Å². The van der Waals surface area contributed by atoms with Gasteiger partial charge in [0, 0.05) is 18.0 Å². The largest absolute Gasteiger partial charge is 0.331 e. The van der Waals surface area contributed by atoms with Crippen LogP contribution in [0.2, 0.25) is 0 Å². The first-order valence-electron chi connectivity index (χ1n) is 9.79. The predicted molar refractivity (Wildman–Crippen MR) is 118 cm³/mol. The molecule has 30 heavy (non-hydrogen) atoms. The lowest BCUT2D eigenvalue weighted by Crippen LogP contribution is -3.06. The van der Waals surface area contributed by atoms with E-state index in [0.29, 0.717) is 23.5 Å². The Morgan fingerprint density at radius 2 is 1.93 bits per heavy atom. The summed E-state index contributed by atoms with van der Waals surface area (Å²) in [6.07, 6.45) is 3.26. The molecule has 1 N–H and O–H groups in total. The normalized spacial score (nSPS) is 17.6.